The molecule has 136 valence electrons. The van der Waals surface area contributed by atoms with Crippen molar-refractivity contribution >= 4 is 28.2 Å². The highest BCUT2D eigenvalue weighted by atomic mass is 32.1. The maximum atomic E-state index is 12.7. The first-order chi connectivity index (χ1) is 13.2. The van der Waals surface area contributed by atoms with E-state index in [2.05, 4.69) is 15.1 Å². The monoisotopic (exact) mass is 379 g/mol. The van der Waals surface area contributed by atoms with Crippen LogP contribution in [-0.4, -0.2) is 21.1 Å². The summed E-state index contributed by atoms with van der Waals surface area (Å²) in [6.07, 6.45) is 0.638. The van der Waals surface area contributed by atoms with E-state index in [1.807, 2.05) is 55.6 Å². The molecule has 7 heteroatoms. The molecule has 0 unspecified atom stereocenters. The number of thiophene rings is 1. The van der Waals surface area contributed by atoms with Crippen LogP contribution < -0.4 is 0 Å². The molecule has 0 aliphatic carbocycles. The van der Waals surface area contributed by atoms with Gasteiger partial charge in [-0.3, -0.25) is 4.98 Å². The molecule has 0 aliphatic rings. The number of carbonyl (C=O) groups is 1. The molecule has 3 heterocycles. The number of nitrogens with zero attached hydrogens (tertiary/aromatic N) is 3. The van der Waals surface area contributed by atoms with Crippen LogP contribution in [0.1, 0.15) is 34.4 Å². The minimum Gasteiger partial charge on any atom is -0.452 e. The molecule has 0 saturated heterocycles. The molecule has 0 radical (unpaired) electrons. The van der Waals surface area contributed by atoms with Crippen LogP contribution in [-0.2, 0) is 17.8 Å². The molecule has 0 saturated carbocycles. The van der Waals surface area contributed by atoms with E-state index in [4.69, 9.17) is 9.26 Å². The number of aryl methyl sites for hydroxylation is 2. The van der Waals surface area contributed by atoms with Crippen LogP contribution >= 0.6 is 11.3 Å². The SMILES string of the molecule is CCc1nc2ccccc2c(C)c1C(=O)OCc1nc(-c2cccs2)no1. The Kier molecular flexibility index (Phi) is 4.68. The number of benzene rings is 1. The second-order valence-corrected chi connectivity index (χ2v) is 6.94. The van der Waals surface area contributed by atoms with Gasteiger partial charge in [0.1, 0.15) is 0 Å². The van der Waals surface area contributed by atoms with Crippen molar-refractivity contribution in [3.63, 3.8) is 0 Å². The molecule has 0 N–H and O–H groups in total. The Morgan fingerprint density at radius 2 is 2.04 bits per heavy atom. The van der Waals surface area contributed by atoms with Crippen molar-refractivity contribution in [3.8, 4) is 10.7 Å². The lowest BCUT2D eigenvalue weighted by Gasteiger charge is -2.12. The number of hydrogen-bond donors (Lipinski definition) is 0. The first-order valence-electron chi connectivity index (χ1n) is 8.59. The summed E-state index contributed by atoms with van der Waals surface area (Å²) in [6, 6.07) is 11.6. The molecule has 3 aromatic heterocycles. The van der Waals surface area contributed by atoms with E-state index in [-0.39, 0.29) is 12.5 Å². The smallest absolute Gasteiger partial charge is 0.340 e. The van der Waals surface area contributed by atoms with Crippen LogP contribution in [0.15, 0.2) is 46.3 Å². The van der Waals surface area contributed by atoms with Crippen LogP contribution in [0.25, 0.3) is 21.6 Å². The van der Waals surface area contributed by atoms with Gasteiger partial charge in [-0.1, -0.05) is 36.3 Å². The minimum absolute atomic E-state index is 0.0768. The normalized spacial score (nSPS) is 11.0. The van der Waals surface area contributed by atoms with Crippen molar-refractivity contribution in [1.82, 2.24) is 15.1 Å². The molecule has 0 amide bonds. The molecule has 0 atom stereocenters. The second-order valence-electron chi connectivity index (χ2n) is 5.99. The molecule has 0 aliphatic heterocycles. The number of rotatable bonds is 5. The number of hydrogen-bond acceptors (Lipinski definition) is 7. The van der Waals surface area contributed by atoms with Crippen LogP contribution in [0.3, 0.4) is 0 Å². The third kappa shape index (κ3) is 3.33. The zero-order valence-corrected chi connectivity index (χ0v) is 15.7. The highest BCUT2D eigenvalue weighted by Crippen LogP contribution is 2.25. The second kappa shape index (κ2) is 7.28. The third-order valence-electron chi connectivity index (χ3n) is 4.30. The summed E-state index contributed by atoms with van der Waals surface area (Å²) in [7, 11) is 0. The summed E-state index contributed by atoms with van der Waals surface area (Å²) in [4.78, 5) is 22.5. The maximum Gasteiger partial charge on any atom is 0.340 e. The molecule has 6 nitrogen and oxygen atoms in total. The zero-order valence-electron chi connectivity index (χ0n) is 14.9. The van der Waals surface area contributed by atoms with Gasteiger partial charge in [0.15, 0.2) is 6.61 Å². The third-order valence-corrected chi connectivity index (χ3v) is 5.17. The number of aromatic nitrogens is 3. The lowest BCUT2D eigenvalue weighted by Crippen LogP contribution is -2.12. The maximum absolute atomic E-state index is 12.7. The number of para-hydroxylation sites is 1. The van der Waals surface area contributed by atoms with E-state index >= 15 is 0 Å². The summed E-state index contributed by atoms with van der Waals surface area (Å²) < 4.78 is 10.6. The Morgan fingerprint density at radius 1 is 1.19 bits per heavy atom. The number of ether oxygens (including phenoxy) is 1. The van der Waals surface area contributed by atoms with Crippen molar-refractivity contribution < 1.29 is 14.1 Å². The first-order valence-corrected chi connectivity index (χ1v) is 9.47. The fourth-order valence-corrected chi connectivity index (χ4v) is 3.64. The fourth-order valence-electron chi connectivity index (χ4n) is 2.99. The van der Waals surface area contributed by atoms with Crippen molar-refractivity contribution in [2.24, 2.45) is 0 Å². The van der Waals surface area contributed by atoms with E-state index in [1.54, 1.807) is 0 Å². The Morgan fingerprint density at radius 3 is 2.81 bits per heavy atom. The minimum atomic E-state index is -0.432. The average Bonchev–Trinajstić information content (AvgIpc) is 3.37. The van der Waals surface area contributed by atoms with Gasteiger partial charge in [0.2, 0.25) is 5.82 Å². The number of carbonyl (C=O) groups excluding carboxylic acids is 1. The van der Waals surface area contributed by atoms with Gasteiger partial charge in [-0.25, -0.2) is 4.79 Å². The summed E-state index contributed by atoms with van der Waals surface area (Å²) in [5, 5.41) is 6.80. The highest BCUT2D eigenvalue weighted by Gasteiger charge is 2.20. The van der Waals surface area contributed by atoms with E-state index in [0.717, 1.165) is 27.0 Å². The average molecular weight is 379 g/mol. The van der Waals surface area contributed by atoms with E-state index in [1.165, 1.54) is 11.3 Å². The van der Waals surface area contributed by atoms with E-state index in [9.17, 15) is 4.79 Å². The summed E-state index contributed by atoms with van der Waals surface area (Å²) in [5.74, 6) is 0.323. The van der Waals surface area contributed by atoms with Gasteiger partial charge in [-0.05, 0) is 36.4 Å². The van der Waals surface area contributed by atoms with Crippen LogP contribution in [0.4, 0.5) is 0 Å². The van der Waals surface area contributed by atoms with E-state index < -0.39 is 5.97 Å². The quantitative estimate of drug-likeness (QED) is 0.473. The van der Waals surface area contributed by atoms with Gasteiger partial charge < -0.3 is 9.26 Å². The van der Waals surface area contributed by atoms with Crippen LogP contribution in [0, 0.1) is 6.92 Å². The number of fused-ring (bicyclic) bond motifs is 1. The Hall–Kier alpha value is -3.06. The summed E-state index contributed by atoms with van der Waals surface area (Å²) in [6.45, 7) is 3.81. The summed E-state index contributed by atoms with van der Waals surface area (Å²) >= 11 is 1.52. The van der Waals surface area contributed by atoms with Gasteiger partial charge in [0, 0.05) is 5.39 Å². The Labute approximate surface area is 159 Å². The number of pyridine rings is 1. The lowest BCUT2D eigenvalue weighted by atomic mass is 10.0. The molecule has 27 heavy (non-hydrogen) atoms. The molecule has 0 bridgehead atoms. The van der Waals surface area contributed by atoms with Crippen LogP contribution in [0.5, 0.6) is 0 Å². The molecule has 0 fully saturated rings. The Bertz CT molecular complexity index is 1100. The van der Waals surface area contributed by atoms with Crippen molar-refractivity contribution in [3.05, 3.63) is 64.5 Å². The fraction of sp³-hybridized carbons (Fsp3) is 0.200. The topological polar surface area (TPSA) is 78.1 Å². The van der Waals surface area contributed by atoms with Gasteiger partial charge >= 0.3 is 5.97 Å². The van der Waals surface area contributed by atoms with Crippen molar-refractivity contribution in [1.29, 1.82) is 0 Å². The van der Waals surface area contributed by atoms with Gasteiger partial charge in [-0.15, -0.1) is 11.3 Å². The first kappa shape index (κ1) is 17.4. The van der Waals surface area contributed by atoms with E-state index in [0.29, 0.717) is 17.8 Å². The molecular formula is C20H17N3O3S. The molecular weight excluding hydrogens is 362 g/mol. The van der Waals surface area contributed by atoms with Crippen LogP contribution in [0.2, 0.25) is 0 Å². The standard InChI is InChI=1S/C20H17N3O3S/c1-3-14-18(12(2)13-7-4-5-8-15(13)21-14)20(24)25-11-17-22-19(23-26-17)16-9-6-10-27-16/h4-10H,3,11H2,1-2H3. The zero-order chi connectivity index (χ0) is 18.8. The summed E-state index contributed by atoms with van der Waals surface area (Å²) in [5.41, 5.74) is 2.98. The number of esters is 1. The predicted octanol–water partition coefficient (Wildman–Crippen LogP) is 4.57. The molecule has 1 aromatic carbocycles. The van der Waals surface area contributed by atoms with Gasteiger partial charge in [0.25, 0.3) is 5.89 Å². The molecule has 4 aromatic rings. The lowest BCUT2D eigenvalue weighted by molar-refractivity contribution is 0.0427. The highest BCUT2D eigenvalue weighted by molar-refractivity contribution is 7.13. The molecule has 0 spiro atoms. The van der Waals surface area contributed by atoms with Crippen molar-refractivity contribution in [2.45, 2.75) is 26.9 Å². The van der Waals surface area contributed by atoms with Gasteiger partial charge in [0.05, 0.1) is 21.7 Å². The predicted molar refractivity (Wildman–Crippen MR) is 103 cm³/mol. The Balaban J connectivity index is 1.57. The molecule has 4 rings (SSSR count). The van der Waals surface area contributed by atoms with Crippen molar-refractivity contribution in [2.75, 3.05) is 0 Å². The van der Waals surface area contributed by atoms with Gasteiger partial charge in [-0.2, -0.15) is 4.98 Å². The largest absolute Gasteiger partial charge is 0.452 e.